The number of nitrogens with zero attached hydrogens (tertiary/aromatic N) is 3. The van der Waals surface area contributed by atoms with Crippen molar-refractivity contribution in [1.82, 2.24) is 14.8 Å². The van der Waals surface area contributed by atoms with Gasteiger partial charge in [0.2, 0.25) is 0 Å². The van der Waals surface area contributed by atoms with Crippen molar-refractivity contribution in [2.75, 3.05) is 20.2 Å². The largest absolute Gasteiger partial charge is 0.497 e. The first-order chi connectivity index (χ1) is 14.7. The molecule has 3 aromatic rings. The number of likely N-dealkylation sites (tertiary alicyclic amines) is 1. The molecule has 0 spiro atoms. The summed E-state index contributed by atoms with van der Waals surface area (Å²) in [6.45, 7) is 4.67. The van der Waals surface area contributed by atoms with Crippen LogP contribution in [0.15, 0.2) is 53.7 Å². The lowest BCUT2D eigenvalue weighted by Gasteiger charge is -2.29. The number of hydrogen-bond donors (Lipinski definition) is 1. The minimum absolute atomic E-state index is 0.296. The van der Waals surface area contributed by atoms with Gasteiger partial charge in [-0.05, 0) is 68.1 Å². The highest BCUT2D eigenvalue weighted by Gasteiger charge is 2.28. The summed E-state index contributed by atoms with van der Waals surface area (Å²) in [4.78, 5) is 1.60. The smallest absolute Gasteiger partial charge is 0.196 e. The van der Waals surface area contributed by atoms with Gasteiger partial charge in [0.15, 0.2) is 11.0 Å². The van der Waals surface area contributed by atoms with E-state index in [0.29, 0.717) is 6.04 Å². The van der Waals surface area contributed by atoms with Gasteiger partial charge in [-0.3, -0.25) is 4.57 Å². The molecule has 1 aromatic heterocycles. The molecule has 0 saturated carbocycles. The molecule has 0 unspecified atom stereocenters. The lowest BCUT2D eigenvalue weighted by Crippen LogP contribution is -3.12. The Balaban J connectivity index is 1.64. The van der Waals surface area contributed by atoms with E-state index < -0.39 is 0 Å². The van der Waals surface area contributed by atoms with Crippen molar-refractivity contribution in [2.24, 2.45) is 0 Å². The monoisotopic (exact) mass is 443 g/mol. The van der Waals surface area contributed by atoms with E-state index >= 15 is 0 Å². The molecule has 0 amide bonds. The van der Waals surface area contributed by atoms with Crippen molar-refractivity contribution in [3.63, 3.8) is 0 Å². The molecular formula is C23H28ClN4OS+. The van der Waals surface area contributed by atoms with E-state index in [1.807, 2.05) is 24.3 Å². The van der Waals surface area contributed by atoms with Crippen molar-refractivity contribution in [3.05, 3.63) is 64.9 Å². The number of aromatic nitrogens is 3. The molecule has 0 bridgehead atoms. The molecule has 1 fully saturated rings. The van der Waals surface area contributed by atoms with Crippen LogP contribution in [-0.2, 0) is 5.75 Å². The number of methoxy groups -OCH3 is 1. The highest BCUT2D eigenvalue weighted by Crippen LogP contribution is 2.28. The van der Waals surface area contributed by atoms with Crippen molar-refractivity contribution < 1.29 is 9.64 Å². The van der Waals surface area contributed by atoms with Crippen molar-refractivity contribution in [1.29, 1.82) is 0 Å². The quantitative estimate of drug-likeness (QED) is 0.551. The van der Waals surface area contributed by atoms with Gasteiger partial charge in [0.25, 0.3) is 0 Å². The number of piperidine rings is 1. The summed E-state index contributed by atoms with van der Waals surface area (Å²) < 4.78 is 7.56. The zero-order valence-corrected chi connectivity index (χ0v) is 19.0. The van der Waals surface area contributed by atoms with Crippen molar-refractivity contribution in [2.45, 2.75) is 43.1 Å². The molecule has 1 aliphatic rings. The third-order valence-electron chi connectivity index (χ3n) is 5.77. The maximum Gasteiger partial charge on any atom is 0.196 e. The fourth-order valence-corrected chi connectivity index (χ4v) is 5.02. The lowest BCUT2D eigenvalue weighted by molar-refractivity contribution is -0.935. The summed E-state index contributed by atoms with van der Waals surface area (Å²) in [5.74, 6) is 2.69. The van der Waals surface area contributed by atoms with E-state index in [-0.39, 0.29) is 0 Å². The van der Waals surface area contributed by atoms with Gasteiger partial charge in [-0.25, -0.2) is 0 Å². The minimum Gasteiger partial charge on any atom is -0.497 e. The van der Waals surface area contributed by atoms with Crippen LogP contribution in [0.3, 0.4) is 0 Å². The van der Waals surface area contributed by atoms with Crippen molar-refractivity contribution in [3.8, 4) is 11.4 Å². The topological polar surface area (TPSA) is 44.4 Å². The van der Waals surface area contributed by atoms with Crippen LogP contribution in [0.2, 0.25) is 5.02 Å². The molecule has 1 saturated heterocycles. The second-order valence-electron chi connectivity index (χ2n) is 7.73. The molecule has 2 aromatic carbocycles. The molecule has 7 heteroatoms. The first-order valence-electron chi connectivity index (χ1n) is 10.5. The van der Waals surface area contributed by atoms with E-state index in [2.05, 4.69) is 46.0 Å². The number of thioether (sulfide) groups is 1. The fourth-order valence-electron chi connectivity index (χ4n) is 3.98. The van der Waals surface area contributed by atoms with Gasteiger partial charge in [0.1, 0.15) is 11.8 Å². The molecule has 1 atom stereocenters. The van der Waals surface area contributed by atoms with Crippen LogP contribution < -0.4 is 9.64 Å². The van der Waals surface area contributed by atoms with Crippen molar-refractivity contribution >= 4 is 23.4 Å². The highest BCUT2D eigenvalue weighted by atomic mass is 35.5. The molecule has 5 nitrogen and oxygen atoms in total. The van der Waals surface area contributed by atoms with Gasteiger partial charge in [-0.15, -0.1) is 10.2 Å². The first-order valence-corrected chi connectivity index (χ1v) is 11.8. The summed E-state index contributed by atoms with van der Waals surface area (Å²) in [7, 11) is 1.69. The Hall–Kier alpha value is -2.02. The van der Waals surface area contributed by atoms with Crippen LogP contribution in [0, 0.1) is 0 Å². The predicted octanol–water partition coefficient (Wildman–Crippen LogP) is 4.35. The van der Waals surface area contributed by atoms with Crippen LogP contribution in [0.5, 0.6) is 5.75 Å². The number of quaternary nitrogens is 1. The number of nitrogens with one attached hydrogen (secondary N) is 1. The average Bonchev–Trinajstić information content (AvgIpc) is 3.22. The number of benzene rings is 2. The maximum atomic E-state index is 6.02. The van der Waals surface area contributed by atoms with Gasteiger partial charge in [0, 0.05) is 16.5 Å². The molecule has 1 aliphatic heterocycles. The predicted molar refractivity (Wildman–Crippen MR) is 122 cm³/mol. The molecular weight excluding hydrogens is 416 g/mol. The van der Waals surface area contributed by atoms with Gasteiger partial charge in [-0.1, -0.05) is 35.5 Å². The summed E-state index contributed by atoms with van der Waals surface area (Å²) in [6, 6.07) is 16.4. The maximum absolute atomic E-state index is 6.02. The number of rotatable bonds is 7. The third-order valence-corrected chi connectivity index (χ3v) is 7.02. The summed E-state index contributed by atoms with van der Waals surface area (Å²) in [6.07, 6.45) is 3.91. The summed E-state index contributed by atoms with van der Waals surface area (Å²) >= 11 is 7.73. The second-order valence-corrected chi connectivity index (χ2v) is 9.11. The van der Waals surface area contributed by atoms with Gasteiger partial charge < -0.3 is 9.64 Å². The summed E-state index contributed by atoms with van der Waals surface area (Å²) in [5, 5.41) is 10.9. The van der Waals surface area contributed by atoms with E-state index in [1.54, 1.807) is 23.8 Å². The van der Waals surface area contributed by atoms with E-state index in [4.69, 9.17) is 16.3 Å². The second kappa shape index (κ2) is 9.86. The zero-order chi connectivity index (χ0) is 20.9. The Morgan fingerprint density at radius 1 is 1.03 bits per heavy atom. The Kier molecular flexibility index (Phi) is 6.97. The van der Waals surface area contributed by atoms with E-state index in [1.165, 1.54) is 37.9 Å². The van der Waals surface area contributed by atoms with Crippen LogP contribution in [-0.4, -0.2) is 35.0 Å². The van der Waals surface area contributed by atoms with Gasteiger partial charge in [0.05, 0.1) is 20.2 Å². The SMILES string of the molecule is COc1ccc(-n2c(SCc3ccc(Cl)cc3)nnc2[C@H](C)[NH+]2CCCCC2)cc1. The van der Waals surface area contributed by atoms with E-state index in [0.717, 1.165) is 33.2 Å². The van der Waals surface area contributed by atoms with Crippen LogP contribution >= 0.6 is 23.4 Å². The molecule has 0 radical (unpaired) electrons. The molecule has 4 rings (SSSR count). The Morgan fingerprint density at radius 2 is 1.73 bits per heavy atom. The minimum atomic E-state index is 0.296. The van der Waals surface area contributed by atoms with Gasteiger partial charge in [-0.2, -0.15) is 0 Å². The number of halogens is 1. The number of hydrogen-bond acceptors (Lipinski definition) is 4. The Labute approximate surface area is 187 Å². The first kappa shape index (κ1) is 21.2. The fraction of sp³-hybridized carbons (Fsp3) is 0.391. The lowest BCUT2D eigenvalue weighted by atomic mass is 10.1. The molecule has 1 N–H and O–H groups in total. The molecule has 0 aliphatic carbocycles. The normalized spacial score (nSPS) is 15.8. The van der Waals surface area contributed by atoms with Gasteiger partial charge >= 0.3 is 0 Å². The molecule has 158 valence electrons. The zero-order valence-electron chi connectivity index (χ0n) is 17.5. The third kappa shape index (κ3) is 4.82. The number of ether oxygens (including phenoxy) is 1. The highest BCUT2D eigenvalue weighted by molar-refractivity contribution is 7.98. The van der Waals surface area contributed by atoms with Crippen LogP contribution in [0.4, 0.5) is 0 Å². The standard InChI is InChI=1S/C23H27ClN4OS/c1-17(27-14-4-3-5-15-27)22-25-26-23(30-16-18-6-8-19(24)9-7-18)28(22)20-10-12-21(29-2)13-11-20/h6-13,17H,3-5,14-16H2,1-2H3/p+1/t17-/m0/s1. The Bertz CT molecular complexity index is 952. The van der Waals surface area contributed by atoms with E-state index in [9.17, 15) is 0 Å². The van der Waals surface area contributed by atoms with Crippen LogP contribution in [0.25, 0.3) is 5.69 Å². The molecule has 2 heterocycles. The average molecular weight is 444 g/mol. The Morgan fingerprint density at radius 3 is 2.40 bits per heavy atom. The molecule has 30 heavy (non-hydrogen) atoms. The van der Waals surface area contributed by atoms with Crippen LogP contribution in [0.1, 0.15) is 43.6 Å². The summed E-state index contributed by atoms with van der Waals surface area (Å²) in [5.41, 5.74) is 2.28.